The summed E-state index contributed by atoms with van der Waals surface area (Å²) in [6.07, 6.45) is 4.43. The number of benzene rings is 1. The normalized spacial score (nSPS) is 12.9. The number of nitrogens with zero attached hydrogens (tertiary/aromatic N) is 1. The third-order valence-electron chi connectivity index (χ3n) is 3.35. The maximum absolute atomic E-state index is 5.63. The lowest BCUT2D eigenvalue weighted by Crippen LogP contribution is -2.25. The van der Waals surface area contributed by atoms with Crippen LogP contribution in [0.4, 0.5) is 0 Å². The summed E-state index contributed by atoms with van der Waals surface area (Å²) in [4.78, 5) is 3.73. The molecule has 0 fully saturated rings. The summed E-state index contributed by atoms with van der Waals surface area (Å²) in [5.41, 5.74) is 7.05. The molecule has 0 aliphatic carbocycles. The number of hydrogen-bond donors (Lipinski definition) is 1. The fourth-order valence-corrected chi connectivity index (χ4v) is 2.19. The van der Waals surface area contributed by atoms with E-state index in [0.717, 1.165) is 26.1 Å². The second-order valence-electron chi connectivity index (χ2n) is 5.03. The van der Waals surface area contributed by atoms with Crippen LogP contribution in [0.3, 0.4) is 0 Å². The minimum atomic E-state index is 0.633. The molecule has 2 N–H and O–H groups in total. The maximum Gasteiger partial charge on any atom is 0.00693 e. The Hall–Kier alpha value is -0.510. The summed E-state index contributed by atoms with van der Waals surface area (Å²) >= 11 is 1.79. The van der Waals surface area contributed by atoms with Crippen LogP contribution in [0.1, 0.15) is 18.9 Å². The molecule has 0 saturated heterocycles. The first kappa shape index (κ1) is 15.5. The smallest absolute Gasteiger partial charge is 0.00693 e. The average molecular weight is 266 g/mol. The molecule has 0 heterocycles. The first-order chi connectivity index (χ1) is 8.65. The molecule has 3 heteroatoms. The van der Waals surface area contributed by atoms with Crippen molar-refractivity contribution in [2.24, 2.45) is 11.7 Å². The molecule has 18 heavy (non-hydrogen) atoms. The average Bonchev–Trinajstić information content (AvgIpc) is 2.42. The molecule has 0 radical (unpaired) electrons. The van der Waals surface area contributed by atoms with E-state index < -0.39 is 0 Å². The van der Waals surface area contributed by atoms with Crippen LogP contribution in [0.5, 0.6) is 0 Å². The van der Waals surface area contributed by atoms with Crippen molar-refractivity contribution < 1.29 is 0 Å². The van der Waals surface area contributed by atoms with E-state index in [2.05, 4.69) is 49.4 Å². The molecular weight excluding hydrogens is 240 g/mol. The van der Waals surface area contributed by atoms with Gasteiger partial charge in [0.05, 0.1) is 0 Å². The quantitative estimate of drug-likeness (QED) is 0.734. The monoisotopic (exact) mass is 266 g/mol. The lowest BCUT2D eigenvalue weighted by molar-refractivity contribution is 0.310. The molecule has 0 aromatic heterocycles. The van der Waals surface area contributed by atoms with E-state index in [-0.39, 0.29) is 0 Å². The Balaban J connectivity index is 2.26. The highest BCUT2D eigenvalue weighted by Gasteiger charge is 2.03. The zero-order valence-corrected chi connectivity index (χ0v) is 12.7. The molecule has 0 aliphatic heterocycles. The molecule has 1 rings (SSSR count). The fraction of sp³-hybridized carbons (Fsp3) is 0.600. The van der Waals surface area contributed by atoms with Crippen LogP contribution in [-0.4, -0.2) is 37.8 Å². The molecule has 0 spiro atoms. The molecule has 1 atom stereocenters. The number of hydrogen-bond acceptors (Lipinski definition) is 3. The second-order valence-corrected chi connectivity index (χ2v) is 5.91. The Labute approximate surface area is 116 Å². The van der Waals surface area contributed by atoms with Gasteiger partial charge in [0, 0.05) is 11.4 Å². The van der Waals surface area contributed by atoms with Gasteiger partial charge in [-0.25, -0.2) is 0 Å². The van der Waals surface area contributed by atoms with Gasteiger partial charge in [-0.05, 0) is 62.8 Å². The van der Waals surface area contributed by atoms with Crippen molar-refractivity contribution in [3.63, 3.8) is 0 Å². The van der Waals surface area contributed by atoms with Crippen LogP contribution in [0, 0.1) is 5.92 Å². The Morgan fingerprint density at radius 2 is 1.89 bits per heavy atom. The molecular formula is C15H26N2S. The van der Waals surface area contributed by atoms with Crippen molar-refractivity contribution in [2.45, 2.75) is 24.7 Å². The molecule has 102 valence electrons. The van der Waals surface area contributed by atoms with Crippen LogP contribution in [0.25, 0.3) is 0 Å². The van der Waals surface area contributed by atoms with Crippen molar-refractivity contribution >= 4 is 11.8 Å². The molecule has 0 amide bonds. The summed E-state index contributed by atoms with van der Waals surface area (Å²) in [5, 5.41) is 0. The lowest BCUT2D eigenvalue weighted by atomic mass is 10.1. The van der Waals surface area contributed by atoms with Crippen LogP contribution in [0.2, 0.25) is 0 Å². The molecule has 1 unspecified atom stereocenters. The van der Waals surface area contributed by atoms with Gasteiger partial charge in [-0.15, -0.1) is 11.8 Å². The predicted octanol–water partition coefficient (Wildman–Crippen LogP) is 2.87. The van der Waals surface area contributed by atoms with Gasteiger partial charge < -0.3 is 10.6 Å². The van der Waals surface area contributed by atoms with Gasteiger partial charge in [-0.1, -0.05) is 19.1 Å². The van der Waals surface area contributed by atoms with Gasteiger partial charge in [0.25, 0.3) is 0 Å². The van der Waals surface area contributed by atoms with E-state index in [9.17, 15) is 0 Å². The highest BCUT2D eigenvalue weighted by atomic mass is 32.2. The standard InChI is InChI=1S/C15H26N2S/c1-13(12-16)8-10-17(2)11-9-14-4-6-15(18-3)7-5-14/h4-7,13H,8-12,16H2,1-3H3. The van der Waals surface area contributed by atoms with Gasteiger partial charge in [-0.2, -0.15) is 0 Å². The van der Waals surface area contributed by atoms with Crippen LogP contribution < -0.4 is 5.73 Å². The van der Waals surface area contributed by atoms with Gasteiger partial charge >= 0.3 is 0 Å². The SMILES string of the molecule is CSc1ccc(CCN(C)CCC(C)CN)cc1. The number of nitrogens with two attached hydrogens (primary N) is 1. The van der Waals surface area contributed by atoms with E-state index in [1.54, 1.807) is 11.8 Å². The Kier molecular flexibility index (Phi) is 7.40. The second kappa shape index (κ2) is 8.57. The zero-order valence-electron chi connectivity index (χ0n) is 11.9. The van der Waals surface area contributed by atoms with E-state index in [1.165, 1.54) is 16.9 Å². The lowest BCUT2D eigenvalue weighted by Gasteiger charge is -2.18. The van der Waals surface area contributed by atoms with Crippen molar-refractivity contribution in [3.8, 4) is 0 Å². The third-order valence-corrected chi connectivity index (χ3v) is 4.09. The van der Waals surface area contributed by atoms with Gasteiger partial charge in [0.15, 0.2) is 0 Å². The van der Waals surface area contributed by atoms with Crippen LogP contribution >= 0.6 is 11.8 Å². The first-order valence-corrected chi connectivity index (χ1v) is 7.89. The van der Waals surface area contributed by atoms with Crippen molar-refractivity contribution in [3.05, 3.63) is 29.8 Å². The third kappa shape index (κ3) is 5.89. The van der Waals surface area contributed by atoms with E-state index in [1.807, 2.05) is 0 Å². The van der Waals surface area contributed by atoms with Crippen molar-refractivity contribution in [1.82, 2.24) is 4.90 Å². The molecule has 1 aromatic rings. The first-order valence-electron chi connectivity index (χ1n) is 6.67. The predicted molar refractivity (Wildman–Crippen MR) is 82.3 cm³/mol. The summed E-state index contributed by atoms with van der Waals surface area (Å²) in [5.74, 6) is 0.633. The molecule has 2 nitrogen and oxygen atoms in total. The number of thioether (sulfide) groups is 1. The Bertz CT molecular complexity index is 324. The summed E-state index contributed by atoms with van der Waals surface area (Å²) in [7, 11) is 2.19. The topological polar surface area (TPSA) is 29.3 Å². The van der Waals surface area contributed by atoms with Crippen LogP contribution in [-0.2, 0) is 6.42 Å². The van der Waals surface area contributed by atoms with Gasteiger partial charge in [-0.3, -0.25) is 0 Å². The molecule has 0 bridgehead atoms. The van der Waals surface area contributed by atoms with Gasteiger partial charge in [0.1, 0.15) is 0 Å². The van der Waals surface area contributed by atoms with Gasteiger partial charge in [0.2, 0.25) is 0 Å². The minimum absolute atomic E-state index is 0.633. The Morgan fingerprint density at radius 1 is 1.22 bits per heavy atom. The summed E-state index contributed by atoms with van der Waals surface area (Å²) in [6, 6.07) is 8.89. The Morgan fingerprint density at radius 3 is 2.44 bits per heavy atom. The zero-order chi connectivity index (χ0) is 13.4. The molecule has 0 saturated carbocycles. The van der Waals surface area contributed by atoms with Crippen molar-refractivity contribution in [2.75, 3.05) is 32.9 Å². The minimum Gasteiger partial charge on any atom is -0.330 e. The van der Waals surface area contributed by atoms with Crippen molar-refractivity contribution in [1.29, 1.82) is 0 Å². The summed E-state index contributed by atoms with van der Waals surface area (Å²) in [6.45, 7) is 5.27. The highest BCUT2D eigenvalue weighted by Crippen LogP contribution is 2.15. The highest BCUT2D eigenvalue weighted by molar-refractivity contribution is 7.98. The van der Waals surface area contributed by atoms with E-state index in [0.29, 0.717) is 5.92 Å². The fourth-order valence-electron chi connectivity index (χ4n) is 1.78. The van der Waals surface area contributed by atoms with Crippen LogP contribution in [0.15, 0.2) is 29.2 Å². The molecule has 1 aromatic carbocycles. The summed E-state index contributed by atoms with van der Waals surface area (Å²) < 4.78 is 0. The molecule has 0 aliphatic rings. The number of rotatable bonds is 8. The largest absolute Gasteiger partial charge is 0.330 e. The maximum atomic E-state index is 5.63. The van der Waals surface area contributed by atoms with E-state index >= 15 is 0 Å². The van der Waals surface area contributed by atoms with E-state index in [4.69, 9.17) is 5.73 Å². The number of likely N-dealkylation sites (N-methyl/N-ethyl adjacent to an activating group) is 1.